The molecular weight excluding hydrogens is 361 g/mol. The first-order chi connectivity index (χ1) is 13.7. The predicted molar refractivity (Wildman–Crippen MR) is 100 cm³/mol. The van der Waals surface area contributed by atoms with Crippen LogP contribution >= 0.6 is 0 Å². The highest BCUT2D eigenvalue weighted by molar-refractivity contribution is 5.81. The Bertz CT molecular complexity index is 1170. The number of halogens is 1. The molecule has 9 heteroatoms. The first kappa shape index (κ1) is 17.6. The van der Waals surface area contributed by atoms with Gasteiger partial charge in [-0.05, 0) is 12.1 Å². The van der Waals surface area contributed by atoms with Crippen molar-refractivity contribution in [1.82, 2.24) is 24.5 Å². The van der Waals surface area contributed by atoms with E-state index in [0.29, 0.717) is 23.7 Å². The fourth-order valence-corrected chi connectivity index (χ4v) is 2.93. The standard InChI is InChI=1S/C19H16FN7O/c20-16-3-1-2-13(9-21)15(16)12-27-17-8-19(22-10-14(17)11-23-27)24-18-4-5-26(25-18)6-7-28/h1-5,8,10-11,28H,6-7,12H2,(H,22,24,25). The van der Waals surface area contributed by atoms with Crippen LogP contribution in [-0.4, -0.2) is 36.3 Å². The number of nitrogens with one attached hydrogen (secondary N) is 1. The number of pyridine rings is 1. The molecule has 0 unspecified atom stereocenters. The van der Waals surface area contributed by atoms with Gasteiger partial charge in [-0.3, -0.25) is 9.36 Å². The lowest BCUT2D eigenvalue weighted by Gasteiger charge is -2.08. The fraction of sp³-hybridized carbons (Fsp3) is 0.158. The molecule has 0 saturated heterocycles. The summed E-state index contributed by atoms with van der Waals surface area (Å²) in [5, 5.41) is 30.7. The Hall–Kier alpha value is -3.77. The third-order valence-corrected chi connectivity index (χ3v) is 4.30. The van der Waals surface area contributed by atoms with E-state index >= 15 is 0 Å². The minimum absolute atomic E-state index is 0.00520. The molecular formula is C19H16FN7O. The molecule has 2 N–H and O–H groups in total. The van der Waals surface area contributed by atoms with Crippen molar-refractivity contribution in [1.29, 1.82) is 5.26 Å². The zero-order valence-electron chi connectivity index (χ0n) is 14.7. The molecule has 4 rings (SSSR count). The van der Waals surface area contributed by atoms with Crippen LogP contribution in [0.3, 0.4) is 0 Å². The molecule has 1 aromatic carbocycles. The molecule has 0 amide bonds. The summed E-state index contributed by atoms with van der Waals surface area (Å²) in [6, 6.07) is 10.0. The maximum absolute atomic E-state index is 14.2. The van der Waals surface area contributed by atoms with Crippen LogP contribution in [0.15, 0.2) is 48.9 Å². The van der Waals surface area contributed by atoms with Gasteiger partial charge in [0.05, 0.1) is 43.0 Å². The van der Waals surface area contributed by atoms with Crippen LogP contribution < -0.4 is 5.32 Å². The Morgan fingerprint density at radius 2 is 2.11 bits per heavy atom. The largest absolute Gasteiger partial charge is 0.394 e. The van der Waals surface area contributed by atoms with Crippen molar-refractivity contribution in [2.45, 2.75) is 13.1 Å². The molecule has 0 fully saturated rings. The number of fused-ring (bicyclic) bond motifs is 1. The van der Waals surface area contributed by atoms with Gasteiger partial charge in [-0.2, -0.15) is 15.5 Å². The smallest absolute Gasteiger partial charge is 0.153 e. The zero-order valence-corrected chi connectivity index (χ0v) is 14.7. The fourth-order valence-electron chi connectivity index (χ4n) is 2.93. The van der Waals surface area contributed by atoms with Gasteiger partial charge in [0.25, 0.3) is 0 Å². The van der Waals surface area contributed by atoms with Gasteiger partial charge in [-0.15, -0.1) is 0 Å². The number of anilines is 2. The molecule has 0 aliphatic heterocycles. The van der Waals surface area contributed by atoms with Gasteiger partial charge in [0.1, 0.15) is 11.6 Å². The summed E-state index contributed by atoms with van der Waals surface area (Å²) in [6.07, 6.45) is 5.07. The van der Waals surface area contributed by atoms with E-state index in [9.17, 15) is 9.65 Å². The third-order valence-electron chi connectivity index (χ3n) is 4.30. The molecule has 140 valence electrons. The first-order valence-corrected chi connectivity index (χ1v) is 8.58. The van der Waals surface area contributed by atoms with Crippen LogP contribution in [0.2, 0.25) is 0 Å². The van der Waals surface area contributed by atoms with E-state index in [1.54, 1.807) is 46.2 Å². The van der Waals surface area contributed by atoms with Gasteiger partial charge < -0.3 is 10.4 Å². The number of nitrogens with zero attached hydrogens (tertiary/aromatic N) is 6. The molecule has 8 nitrogen and oxygen atoms in total. The van der Waals surface area contributed by atoms with Crippen molar-refractivity contribution in [2.24, 2.45) is 0 Å². The average molecular weight is 377 g/mol. The van der Waals surface area contributed by atoms with E-state index in [4.69, 9.17) is 5.11 Å². The van der Waals surface area contributed by atoms with Crippen molar-refractivity contribution < 1.29 is 9.50 Å². The molecule has 3 aromatic heterocycles. The average Bonchev–Trinajstić information content (AvgIpc) is 3.30. The van der Waals surface area contributed by atoms with E-state index in [2.05, 4.69) is 20.5 Å². The highest BCUT2D eigenvalue weighted by Gasteiger charge is 2.12. The van der Waals surface area contributed by atoms with Crippen LogP contribution in [0.4, 0.5) is 16.0 Å². The normalized spacial score (nSPS) is 10.9. The predicted octanol–water partition coefficient (Wildman–Crippen LogP) is 2.42. The Morgan fingerprint density at radius 1 is 1.21 bits per heavy atom. The van der Waals surface area contributed by atoms with Crippen LogP contribution in [0.25, 0.3) is 10.9 Å². The molecule has 28 heavy (non-hydrogen) atoms. The Labute approximate surface area is 159 Å². The van der Waals surface area contributed by atoms with Crippen LogP contribution in [0.1, 0.15) is 11.1 Å². The number of benzene rings is 1. The summed E-state index contributed by atoms with van der Waals surface area (Å²) in [4.78, 5) is 4.34. The number of rotatable bonds is 6. The van der Waals surface area contributed by atoms with Gasteiger partial charge in [0.15, 0.2) is 5.82 Å². The lowest BCUT2D eigenvalue weighted by Crippen LogP contribution is -2.06. The third kappa shape index (κ3) is 3.41. The summed E-state index contributed by atoms with van der Waals surface area (Å²) in [6.45, 7) is 0.545. The SMILES string of the molecule is N#Cc1cccc(F)c1Cn1ncc2cnc(Nc3ccn(CCO)n3)cc21. The Morgan fingerprint density at radius 3 is 2.93 bits per heavy atom. The Kier molecular flexibility index (Phi) is 4.70. The molecule has 0 atom stereocenters. The molecule has 0 saturated carbocycles. The van der Waals surface area contributed by atoms with Gasteiger partial charge >= 0.3 is 0 Å². The van der Waals surface area contributed by atoms with E-state index < -0.39 is 5.82 Å². The molecule has 0 aliphatic carbocycles. The number of aliphatic hydroxyl groups excluding tert-OH is 1. The maximum Gasteiger partial charge on any atom is 0.153 e. The minimum atomic E-state index is -0.440. The molecule has 0 aliphatic rings. The molecule has 4 aromatic rings. The van der Waals surface area contributed by atoms with E-state index in [-0.39, 0.29) is 18.7 Å². The van der Waals surface area contributed by atoms with Crippen molar-refractivity contribution in [3.05, 3.63) is 65.9 Å². The molecule has 0 radical (unpaired) electrons. The molecule has 3 heterocycles. The number of hydrogen-bond donors (Lipinski definition) is 2. The highest BCUT2D eigenvalue weighted by Crippen LogP contribution is 2.21. The first-order valence-electron chi connectivity index (χ1n) is 8.58. The van der Waals surface area contributed by atoms with E-state index in [1.807, 2.05) is 6.07 Å². The summed E-state index contributed by atoms with van der Waals surface area (Å²) in [5.41, 5.74) is 1.33. The zero-order chi connectivity index (χ0) is 19.5. The summed E-state index contributed by atoms with van der Waals surface area (Å²) in [5.74, 6) is 0.703. The second kappa shape index (κ2) is 7.46. The molecule has 0 bridgehead atoms. The minimum Gasteiger partial charge on any atom is -0.394 e. The second-order valence-electron chi connectivity index (χ2n) is 6.12. The van der Waals surface area contributed by atoms with Crippen molar-refractivity contribution in [3.63, 3.8) is 0 Å². The summed E-state index contributed by atoms with van der Waals surface area (Å²) in [7, 11) is 0. The summed E-state index contributed by atoms with van der Waals surface area (Å²) >= 11 is 0. The van der Waals surface area contributed by atoms with Crippen LogP contribution in [0.5, 0.6) is 0 Å². The second-order valence-corrected chi connectivity index (χ2v) is 6.12. The quantitative estimate of drug-likeness (QED) is 0.535. The summed E-state index contributed by atoms with van der Waals surface area (Å²) < 4.78 is 17.5. The topological polar surface area (TPSA) is 105 Å². The van der Waals surface area contributed by atoms with Crippen molar-refractivity contribution in [3.8, 4) is 6.07 Å². The number of nitriles is 1. The van der Waals surface area contributed by atoms with E-state index in [0.717, 1.165) is 10.9 Å². The van der Waals surface area contributed by atoms with Gasteiger partial charge in [-0.25, -0.2) is 9.37 Å². The number of hydrogen-bond acceptors (Lipinski definition) is 6. The maximum atomic E-state index is 14.2. The molecule has 0 spiro atoms. The number of aliphatic hydroxyl groups is 1. The highest BCUT2D eigenvalue weighted by atomic mass is 19.1. The van der Waals surface area contributed by atoms with Crippen LogP contribution in [0, 0.1) is 17.1 Å². The van der Waals surface area contributed by atoms with Crippen molar-refractivity contribution in [2.75, 3.05) is 11.9 Å². The van der Waals surface area contributed by atoms with Crippen LogP contribution in [-0.2, 0) is 13.1 Å². The monoisotopic (exact) mass is 377 g/mol. The Balaban J connectivity index is 1.64. The van der Waals surface area contributed by atoms with Gasteiger partial charge in [-0.1, -0.05) is 6.07 Å². The van der Waals surface area contributed by atoms with Crippen molar-refractivity contribution >= 4 is 22.5 Å². The van der Waals surface area contributed by atoms with E-state index in [1.165, 1.54) is 12.1 Å². The van der Waals surface area contributed by atoms with Gasteiger partial charge in [0, 0.05) is 35.5 Å². The van der Waals surface area contributed by atoms with Gasteiger partial charge in [0.2, 0.25) is 0 Å². The number of aromatic nitrogens is 5. The lowest BCUT2D eigenvalue weighted by molar-refractivity contribution is 0.269. The lowest BCUT2D eigenvalue weighted by atomic mass is 10.1.